The minimum absolute atomic E-state index is 0. The van der Waals surface area contributed by atoms with Crippen molar-refractivity contribution in [2.75, 3.05) is 32.1 Å². The van der Waals surface area contributed by atoms with Crippen molar-refractivity contribution in [1.82, 2.24) is 9.88 Å². The molecule has 5 nitrogen and oxygen atoms in total. The fourth-order valence-corrected chi connectivity index (χ4v) is 5.03. The molecular formula is C28H30ClN3O2S. The third-order valence-electron chi connectivity index (χ3n) is 5.70. The Labute approximate surface area is 216 Å². The number of halogens is 1. The minimum atomic E-state index is -0.106. The highest BCUT2D eigenvalue weighted by Crippen LogP contribution is 2.33. The van der Waals surface area contributed by atoms with Crippen LogP contribution in [0.25, 0.3) is 10.2 Å². The summed E-state index contributed by atoms with van der Waals surface area (Å²) in [5, 5.41) is 0.705. The van der Waals surface area contributed by atoms with Gasteiger partial charge in [-0.15, -0.1) is 12.4 Å². The van der Waals surface area contributed by atoms with Crippen LogP contribution in [0, 0.1) is 13.8 Å². The molecule has 7 heteroatoms. The standard InChI is InChI=1S/C28H29N3O2S.ClH/c1-19-17-20(2)26-24(18-19)29-28(34-26)31(16-8-15-30(3)4)27(33)23-13-11-22(12-14-23)25(32)21-9-6-5-7-10-21;/h5-7,9-14,17-18H,8,15-16H2,1-4H3;1H. The summed E-state index contributed by atoms with van der Waals surface area (Å²) >= 11 is 1.55. The lowest BCUT2D eigenvalue weighted by Crippen LogP contribution is -2.33. The van der Waals surface area contributed by atoms with Crippen LogP contribution in [0.3, 0.4) is 0 Å². The number of rotatable bonds is 8. The molecule has 0 aliphatic rings. The molecule has 0 radical (unpaired) electrons. The summed E-state index contributed by atoms with van der Waals surface area (Å²) in [5.74, 6) is -0.162. The summed E-state index contributed by atoms with van der Waals surface area (Å²) in [6.07, 6.45) is 0.831. The Hall–Kier alpha value is -3.06. The number of benzene rings is 3. The minimum Gasteiger partial charge on any atom is -0.309 e. The van der Waals surface area contributed by atoms with Gasteiger partial charge < -0.3 is 4.90 Å². The second kappa shape index (κ2) is 11.6. The van der Waals surface area contributed by atoms with Gasteiger partial charge in [0.2, 0.25) is 0 Å². The molecule has 0 spiro atoms. The molecule has 0 atom stereocenters. The molecule has 1 aromatic heterocycles. The van der Waals surface area contributed by atoms with Crippen molar-refractivity contribution in [3.63, 3.8) is 0 Å². The summed E-state index contributed by atoms with van der Waals surface area (Å²) in [6.45, 7) is 5.58. The monoisotopic (exact) mass is 507 g/mol. The maximum atomic E-state index is 13.6. The lowest BCUT2D eigenvalue weighted by atomic mass is 10.0. The Morgan fingerprint density at radius 2 is 1.49 bits per heavy atom. The van der Waals surface area contributed by atoms with Crippen LogP contribution >= 0.6 is 23.7 Å². The molecule has 4 aromatic rings. The van der Waals surface area contributed by atoms with Crippen LogP contribution in [0.1, 0.15) is 43.8 Å². The molecule has 0 N–H and O–H groups in total. The van der Waals surface area contributed by atoms with Crippen LogP contribution in [0.4, 0.5) is 5.13 Å². The van der Waals surface area contributed by atoms with E-state index < -0.39 is 0 Å². The van der Waals surface area contributed by atoms with Crippen molar-refractivity contribution in [3.8, 4) is 0 Å². The number of aromatic nitrogens is 1. The van der Waals surface area contributed by atoms with Gasteiger partial charge in [-0.1, -0.05) is 59.9 Å². The van der Waals surface area contributed by atoms with Gasteiger partial charge >= 0.3 is 0 Å². The number of ketones is 1. The SMILES string of the molecule is Cc1cc(C)c2sc(N(CCCN(C)C)C(=O)c3ccc(C(=O)c4ccccc4)cc3)nc2c1.Cl. The van der Waals surface area contributed by atoms with Gasteiger partial charge in [-0.2, -0.15) is 0 Å². The molecule has 0 aliphatic carbocycles. The number of carbonyl (C=O) groups excluding carboxylic acids is 2. The number of nitrogens with zero attached hydrogens (tertiary/aromatic N) is 3. The van der Waals surface area contributed by atoms with E-state index >= 15 is 0 Å². The van der Waals surface area contributed by atoms with Crippen molar-refractivity contribution < 1.29 is 9.59 Å². The summed E-state index contributed by atoms with van der Waals surface area (Å²) in [5.41, 5.74) is 4.99. The van der Waals surface area contributed by atoms with E-state index in [1.54, 1.807) is 52.6 Å². The predicted octanol–water partition coefficient (Wildman–Crippen LogP) is 6.16. The topological polar surface area (TPSA) is 53.5 Å². The zero-order valence-corrected chi connectivity index (χ0v) is 22.1. The van der Waals surface area contributed by atoms with Crippen molar-refractivity contribution in [3.05, 3.63) is 94.5 Å². The lowest BCUT2D eigenvalue weighted by Gasteiger charge is -2.21. The van der Waals surface area contributed by atoms with Gasteiger partial charge in [0.15, 0.2) is 10.9 Å². The van der Waals surface area contributed by atoms with Crippen LogP contribution in [-0.4, -0.2) is 48.8 Å². The van der Waals surface area contributed by atoms with E-state index in [0.29, 0.717) is 28.4 Å². The van der Waals surface area contributed by atoms with Crippen LogP contribution in [0.2, 0.25) is 0 Å². The predicted molar refractivity (Wildman–Crippen MR) is 148 cm³/mol. The van der Waals surface area contributed by atoms with Gasteiger partial charge in [-0.3, -0.25) is 14.5 Å². The van der Waals surface area contributed by atoms with Gasteiger partial charge in [0.1, 0.15) is 0 Å². The fraction of sp³-hybridized carbons (Fsp3) is 0.250. The van der Waals surface area contributed by atoms with Gasteiger partial charge in [-0.25, -0.2) is 4.98 Å². The first kappa shape index (κ1) is 26.5. The Bertz CT molecular complexity index is 1320. The zero-order chi connectivity index (χ0) is 24.2. The smallest absolute Gasteiger partial charge is 0.260 e. The maximum Gasteiger partial charge on any atom is 0.260 e. The van der Waals surface area contributed by atoms with E-state index in [9.17, 15) is 9.59 Å². The second-order valence-electron chi connectivity index (χ2n) is 8.81. The fourth-order valence-electron chi connectivity index (χ4n) is 3.99. The van der Waals surface area contributed by atoms with E-state index in [0.717, 1.165) is 28.7 Å². The maximum absolute atomic E-state index is 13.6. The molecular weight excluding hydrogens is 478 g/mol. The Morgan fingerprint density at radius 3 is 2.14 bits per heavy atom. The average molecular weight is 508 g/mol. The van der Waals surface area contributed by atoms with Crippen LogP contribution < -0.4 is 4.90 Å². The van der Waals surface area contributed by atoms with E-state index in [2.05, 4.69) is 30.9 Å². The van der Waals surface area contributed by atoms with E-state index in [1.807, 2.05) is 32.3 Å². The van der Waals surface area contributed by atoms with Gasteiger partial charge in [-0.05, 0) is 70.2 Å². The van der Waals surface area contributed by atoms with Crippen molar-refractivity contribution in [2.45, 2.75) is 20.3 Å². The molecule has 1 heterocycles. The van der Waals surface area contributed by atoms with Gasteiger partial charge in [0, 0.05) is 23.2 Å². The average Bonchev–Trinajstić information content (AvgIpc) is 3.25. The van der Waals surface area contributed by atoms with Gasteiger partial charge in [0.25, 0.3) is 5.91 Å². The largest absolute Gasteiger partial charge is 0.309 e. The molecule has 3 aromatic carbocycles. The van der Waals surface area contributed by atoms with Gasteiger partial charge in [0.05, 0.1) is 10.2 Å². The van der Waals surface area contributed by atoms with Crippen LogP contribution in [-0.2, 0) is 0 Å². The molecule has 0 saturated carbocycles. The number of carbonyl (C=O) groups is 2. The van der Waals surface area contributed by atoms with Crippen molar-refractivity contribution >= 4 is 50.8 Å². The molecule has 1 amide bonds. The number of amides is 1. The van der Waals surface area contributed by atoms with E-state index in [-0.39, 0.29) is 24.1 Å². The van der Waals surface area contributed by atoms with Crippen molar-refractivity contribution in [1.29, 1.82) is 0 Å². The van der Waals surface area contributed by atoms with Crippen LogP contribution in [0.5, 0.6) is 0 Å². The third kappa shape index (κ3) is 6.14. The number of hydrogen-bond donors (Lipinski definition) is 0. The normalized spacial score (nSPS) is 10.9. The molecule has 0 unspecified atom stereocenters. The Morgan fingerprint density at radius 1 is 0.857 bits per heavy atom. The Kier molecular flexibility index (Phi) is 8.78. The molecule has 0 aliphatic heterocycles. The zero-order valence-electron chi connectivity index (χ0n) is 20.4. The second-order valence-corrected chi connectivity index (χ2v) is 9.79. The highest BCUT2D eigenvalue weighted by atomic mass is 35.5. The summed E-state index contributed by atoms with van der Waals surface area (Å²) < 4.78 is 1.11. The molecule has 0 bridgehead atoms. The first-order valence-electron chi connectivity index (χ1n) is 11.4. The Balaban J connectivity index is 0.00000342. The molecule has 182 valence electrons. The number of fused-ring (bicyclic) bond motifs is 1. The molecule has 35 heavy (non-hydrogen) atoms. The number of hydrogen-bond acceptors (Lipinski definition) is 5. The molecule has 0 saturated heterocycles. The van der Waals surface area contributed by atoms with E-state index in [4.69, 9.17) is 4.98 Å². The summed E-state index contributed by atoms with van der Waals surface area (Å²) in [4.78, 5) is 35.0. The van der Waals surface area contributed by atoms with E-state index in [1.165, 1.54) is 5.56 Å². The quantitative estimate of drug-likeness (QED) is 0.268. The number of anilines is 1. The summed E-state index contributed by atoms with van der Waals surface area (Å²) in [6, 6.07) is 20.3. The first-order chi connectivity index (χ1) is 16.3. The first-order valence-corrected chi connectivity index (χ1v) is 12.2. The lowest BCUT2D eigenvalue weighted by molar-refractivity contribution is 0.0983. The third-order valence-corrected chi connectivity index (χ3v) is 6.93. The van der Waals surface area contributed by atoms with Crippen LogP contribution in [0.15, 0.2) is 66.7 Å². The highest BCUT2D eigenvalue weighted by Gasteiger charge is 2.22. The highest BCUT2D eigenvalue weighted by molar-refractivity contribution is 7.22. The number of thiazole rings is 1. The molecule has 4 rings (SSSR count). The molecule has 0 fully saturated rings. The van der Waals surface area contributed by atoms with Crippen molar-refractivity contribution in [2.24, 2.45) is 0 Å². The summed E-state index contributed by atoms with van der Waals surface area (Å²) in [7, 11) is 4.05. The number of aryl methyl sites for hydroxylation is 2.